The molecule has 0 heteroatoms. The second-order valence-corrected chi connectivity index (χ2v) is 6.03. The van der Waals surface area contributed by atoms with Crippen molar-refractivity contribution in [3.05, 3.63) is 0 Å². The summed E-state index contributed by atoms with van der Waals surface area (Å²) in [4.78, 5) is 0. The van der Waals surface area contributed by atoms with Crippen molar-refractivity contribution in [2.45, 2.75) is 73.1 Å². The van der Waals surface area contributed by atoms with Gasteiger partial charge in [0.1, 0.15) is 0 Å². The zero-order chi connectivity index (χ0) is 11.5. The summed E-state index contributed by atoms with van der Waals surface area (Å²) in [5, 5.41) is 0. The first-order valence-corrected chi connectivity index (χ1v) is 7.09. The predicted octanol–water partition coefficient (Wildman–Crippen LogP) is 5.28. The molecule has 0 heterocycles. The monoisotopic (exact) mass is 210 g/mol. The lowest BCUT2D eigenvalue weighted by Crippen LogP contribution is -2.12. The highest BCUT2D eigenvalue weighted by Crippen LogP contribution is 2.63. The Morgan fingerprint density at radius 2 is 1.80 bits per heavy atom. The van der Waals surface area contributed by atoms with E-state index in [1.54, 1.807) is 0 Å². The van der Waals surface area contributed by atoms with Gasteiger partial charge in [0.2, 0.25) is 0 Å². The van der Waals surface area contributed by atoms with Crippen LogP contribution in [0.15, 0.2) is 0 Å². The standard InChI is InChI=1S/C15H30/c1-6-9-15(10-12(4)7-2)11-14(15)13(5)8-3/h12-14H,6-11H2,1-5H3. The lowest BCUT2D eigenvalue weighted by atomic mass is 9.83. The van der Waals surface area contributed by atoms with Crippen LogP contribution in [0, 0.1) is 23.2 Å². The highest BCUT2D eigenvalue weighted by Gasteiger charge is 2.54. The van der Waals surface area contributed by atoms with Crippen molar-refractivity contribution in [3.8, 4) is 0 Å². The average molecular weight is 210 g/mol. The Labute approximate surface area is 96.8 Å². The van der Waals surface area contributed by atoms with Crippen LogP contribution in [0.1, 0.15) is 73.1 Å². The molecule has 1 aliphatic rings. The van der Waals surface area contributed by atoms with Crippen LogP contribution in [0.5, 0.6) is 0 Å². The van der Waals surface area contributed by atoms with Crippen LogP contribution in [0.3, 0.4) is 0 Å². The highest BCUT2D eigenvalue weighted by molar-refractivity contribution is 5.03. The van der Waals surface area contributed by atoms with Crippen molar-refractivity contribution < 1.29 is 0 Å². The second-order valence-electron chi connectivity index (χ2n) is 6.03. The molecule has 1 aliphatic carbocycles. The maximum atomic E-state index is 2.46. The lowest BCUT2D eigenvalue weighted by Gasteiger charge is -2.22. The van der Waals surface area contributed by atoms with Gasteiger partial charge in [0.15, 0.2) is 0 Å². The first-order valence-electron chi connectivity index (χ1n) is 7.09. The molecule has 0 bridgehead atoms. The van der Waals surface area contributed by atoms with Gasteiger partial charge in [-0.2, -0.15) is 0 Å². The molecule has 0 aliphatic heterocycles. The molecule has 90 valence electrons. The summed E-state index contributed by atoms with van der Waals surface area (Å²) in [6.45, 7) is 11.9. The largest absolute Gasteiger partial charge is 0.0654 e. The maximum Gasteiger partial charge on any atom is -0.0261 e. The van der Waals surface area contributed by atoms with Gasteiger partial charge in [-0.3, -0.25) is 0 Å². The van der Waals surface area contributed by atoms with Gasteiger partial charge in [-0.05, 0) is 42.4 Å². The Morgan fingerprint density at radius 3 is 2.27 bits per heavy atom. The smallest absolute Gasteiger partial charge is 0.0261 e. The van der Waals surface area contributed by atoms with E-state index in [1.807, 2.05) is 0 Å². The summed E-state index contributed by atoms with van der Waals surface area (Å²) >= 11 is 0. The van der Waals surface area contributed by atoms with Crippen molar-refractivity contribution in [2.75, 3.05) is 0 Å². The summed E-state index contributed by atoms with van der Waals surface area (Å²) in [6, 6.07) is 0. The fourth-order valence-electron chi connectivity index (χ4n) is 3.43. The molecule has 0 amide bonds. The van der Waals surface area contributed by atoms with Crippen molar-refractivity contribution in [2.24, 2.45) is 23.2 Å². The molecule has 0 saturated heterocycles. The summed E-state index contributed by atoms with van der Waals surface area (Å²) < 4.78 is 0. The Kier molecular flexibility index (Phi) is 4.67. The lowest BCUT2D eigenvalue weighted by molar-refractivity contribution is 0.279. The quantitative estimate of drug-likeness (QED) is 0.536. The number of rotatable bonds is 7. The number of hydrogen-bond acceptors (Lipinski definition) is 0. The average Bonchev–Trinajstić information content (AvgIpc) is 2.91. The normalized spacial score (nSPS) is 33.8. The molecular weight excluding hydrogens is 180 g/mol. The van der Waals surface area contributed by atoms with E-state index < -0.39 is 0 Å². The van der Waals surface area contributed by atoms with Crippen molar-refractivity contribution in [1.29, 1.82) is 0 Å². The van der Waals surface area contributed by atoms with Crippen LogP contribution in [0.4, 0.5) is 0 Å². The molecular formula is C15H30. The van der Waals surface area contributed by atoms with E-state index in [-0.39, 0.29) is 0 Å². The molecule has 0 aromatic carbocycles. The van der Waals surface area contributed by atoms with Crippen molar-refractivity contribution in [3.63, 3.8) is 0 Å². The summed E-state index contributed by atoms with van der Waals surface area (Å²) in [6.07, 6.45) is 8.61. The molecule has 1 saturated carbocycles. The zero-order valence-electron chi connectivity index (χ0n) is 11.5. The van der Waals surface area contributed by atoms with Gasteiger partial charge in [0, 0.05) is 0 Å². The van der Waals surface area contributed by atoms with Crippen LogP contribution >= 0.6 is 0 Å². The van der Waals surface area contributed by atoms with E-state index in [0.717, 1.165) is 23.2 Å². The van der Waals surface area contributed by atoms with Gasteiger partial charge in [-0.15, -0.1) is 0 Å². The molecule has 0 N–H and O–H groups in total. The van der Waals surface area contributed by atoms with Gasteiger partial charge in [0.25, 0.3) is 0 Å². The molecule has 1 rings (SSSR count). The van der Waals surface area contributed by atoms with Gasteiger partial charge in [-0.1, -0.05) is 53.9 Å². The Hall–Kier alpha value is 0. The van der Waals surface area contributed by atoms with Crippen molar-refractivity contribution in [1.82, 2.24) is 0 Å². The molecule has 0 nitrogen and oxygen atoms in total. The third kappa shape index (κ3) is 2.98. The van der Waals surface area contributed by atoms with E-state index in [1.165, 1.54) is 38.5 Å². The van der Waals surface area contributed by atoms with Crippen molar-refractivity contribution >= 4 is 0 Å². The Balaban J connectivity index is 2.52. The second kappa shape index (κ2) is 5.37. The molecule has 4 unspecified atom stereocenters. The van der Waals surface area contributed by atoms with E-state index >= 15 is 0 Å². The topological polar surface area (TPSA) is 0 Å². The van der Waals surface area contributed by atoms with Crippen LogP contribution in [0.25, 0.3) is 0 Å². The zero-order valence-corrected chi connectivity index (χ0v) is 11.5. The first kappa shape index (κ1) is 13.1. The minimum Gasteiger partial charge on any atom is -0.0654 e. The molecule has 0 spiro atoms. The fraction of sp³-hybridized carbons (Fsp3) is 1.00. The molecule has 4 atom stereocenters. The number of hydrogen-bond donors (Lipinski definition) is 0. The van der Waals surface area contributed by atoms with Crippen LogP contribution in [-0.2, 0) is 0 Å². The maximum absolute atomic E-state index is 2.46. The summed E-state index contributed by atoms with van der Waals surface area (Å²) in [5.41, 5.74) is 0.763. The summed E-state index contributed by atoms with van der Waals surface area (Å²) in [5.74, 6) is 2.95. The Morgan fingerprint density at radius 1 is 1.13 bits per heavy atom. The first-order chi connectivity index (χ1) is 7.09. The van der Waals surface area contributed by atoms with E-state index in [4.69, 9.17) is 0 Å². The Bertz CT molecular complexity index is 184. The molecule has 0 aromatic heterocycles. The molecule has 0 aromatic rings. The minimum atomic E-state index is 0.763. The molecule has 1 fully saturated rings. The molecule has 15 heavy (non-hydrogen) atoms. The van der Waals surface area contributed by atoms with Crippen LogP contribution in [0.2, 0.25) is 0 Å². The van der Waals surface area contributed by atoms with Gasteiger partial charge >= 0.3 is 0 Å². The SMILES string of the molecule is CCCC1(CC(C)CC)CC1C(C)CC. The fourth-order valence-corrected chi connectivity index (χ4v) is 3.43. The predicted molar refractivity (Wildman–Crippen MR) is 69.0 cm³/mol. The molecule has 0 radical (unpaired) electrons. The van der Waals surface area contributed by atoms with Gasteiger partial charge in [-0.25, -0.2) is 0 Å². The van der Waals surface area contributed by atoms with E-state index in [9.17, 15) is 0 Å². The van der Waals surface area contributed by atoms with Crippen LogP contribution < -0.4 is 0 Å². The third-order valence-corrected chi connectivity index (χ3v) is 4.78. The third-order valence-electron chi connectivity index (χ3n) is 4.78. The van der Waals surface area contributed by atoms with Gasteiger partial charge in [0.05, 0.1) is 0 Å². The summed E-state index contributed by atoms with van der Waals surface area (Å²) in [7, 11) is 0. The van der Waals surface area contributed by atoms with Gasteiger partial charge < -0.3 is 0 Å². The minimum absolute atomic E-state index is 0.763. The van der Waals surface area contributed by atoms with E-state index in [2.05, 4.69) is 34.6 Å². The van der Waals surface area contributed by atoms with E-state index in [0.29, 0.717) is 0 Å². The highest BCUT2D eigenvalue weighted by atomic mass is 14.6. The van der Waals surface area contributed by atoms with Crippen LogP contribution in [-0.4, -0.2) is 0 Å².